The molecular formula is C17H22N5O2S+. The third kappa shape index (κ3) is 4.68. The largest absolute Gasteiger partial charge is 0.455 e. The molecule has 7 nitrogen and oxygen atoms in total. The summed E-state index contributed by atoms with van der Waals surface area (Å²) in [5.41, 5.74) is 1.92. The summed E-state index contributed by atoms with van der Waals surface area (Å²) in [5.74, 6) is 2.72. The van der Waals surface area contributed by atoms with E-state index < -0.39 is 6.10 Å². The maximum Gasteiger partial charge on any atom is 0.209 e. The van der Waals surface area contributed by atoms with E-state index >= 15 is 0 Å². The van der Waals surface area contributed by atoms with Crippen LogP contribution in [0, 0.1) is 0 Å². The Bertz CT molecular complexity index is 797. The van der Waals surface area contributed by atoms with E-state index in [1.54, 1.807) is 23.4 Å². The molecule has 3 N–H and O–H groups in total. The molecule has 0 aliphatic heterocycles. The van der Waals surface area contributed by atoms with Crippen LogP contribution in [0.3, 0.4) is 0 Å². The molecule has 0 aliphatic rings. The lowest BCUT2D eigenvalue weighted by molar-refractivity contribution is -0.668. The Balaban J connectivity index is 1.46. The monoisotopic (exact) mass is 360 g/mol. The van der Waals surface area contributed by atoms with E-state index in [0.717, 1.165) is 46.6 Å². The first kappa shape index (κ1) is 17.7. The number of benzene rings is 1. The van der Waals surface area contributed by atoms with Gasteiger partial charge in [0.1, 0.15) is 12.3 Å². The molecule has 0 fully saturated rings. The molecule has 25 heavy (non-hydrogen) atoms. The van der Waals surface area contributed by atoms with E-state index in [1.165, 1.54) is 0 Å². The summed E-state index contributed by atoms with van der Waals surface area (Å²) in [4.78, 5) is 0. The van der Waals surface area contributed by atoms with Crippen LogP contribution >= 0.6 is 11.8 Å². The standard InChI is InChI=1S/C17H21N5O2S/c1-12(23)13-3-5-14(6-4-13)16-8-7-15(24-16)11-18-9-10-25-17-19-20-21-22(17)2/h3-8,12,18,23H,9-11H2,1-2H3/p+1/t12-/m0/s1. The molecule has 0 amide bonds. The highest BCUT2D eigenvalue weighted by atomic mass is 32.2. The van der Waals surface area contributed by atoms with E-state index in [9.17, 15) is 5.11 Å². The number of hydrogen-bond acceptors (Lipinski definition) is 6. The van der Waals surface area contributed by atoms with Crippen molar-refractivity contribution in [3.63, 3.8) is 0 Å². The summed E-state index contributed by atoms with van der Waals surface area (Å²) in [5, 5.41) is 24.0. The highest BCUT2D eigenvalue weighted by molar-refractivity contribution is 7.99. The second-order valence-corrected chi connectivity index (χ2v) is 6.84. The molecule has 0 saturated heterocycles. The quantitative estimate of drug-likeness (QED) is 0.466. The van der Waals surface area contributed by atoms with Crippen LogP contribution in [0.15, 0.2) is 46.0 Å². The molecule has 0 bridgehead atoms. The van der Waals surface area contributed by atoms with E-state index in [-0.39, 0.29) is 0 Å². The summed E-state index contributed by atoms with van der Waals surface area (Å²) < 4.78 is 7.58. The molecule has 0 unspecified atom stereocenters. The molecule has 0 saturated carbocycles. The van der Waals surface area contributed by atoms with Crippen LogP contribution in [0.25, 0.3) is 11.3 Å². The van der Waals surface area contributed by atoms with Gasteiger partial charge in [0.15, 0.2) is 5.76 Å². The molecule has 0 aliphatic carbocycles. The van der Waals surface area contributed by atoms with Crippen LogP contribution in [0.2, 0.25) is 0 Å². The van der Waals surface area contributed by atoms with Gasteiger partial charge < -0.3 is 14.8 Å². The minimum Gasteiger partial charge on any atom is -0.455 e. The first-order valence-corrected chi connectivity index (χ1v) is 9.16. The Kier molecular flexibility index (Phi) is 5.85. The first-order valence-electron chi connectivity index (χ1n) is 8.17. The molecule has 1 atom stereocenters. The van der Waals surface area contributed by atoms with Gasteiger partial charge in [0.05, 0.1) is 18.4 Å². The Morgan fingerprint density at radius 2 is 2.04 bits per heavy atom. The van der Waals surface area contributed by atoms with Crippen LogP contribution in [0.4, 0.5) is 0 Å². The van der Waals surface area contributed by atoms with Gasteiger partial charge in [0.25, 0.3) is 0 Å². The van der Waals surface area contributed by atoms with Crippen LogP contribution < -0.4 is 5.32 Å². The average molecular weight is 360 g/mol. The zero-order valence-corrected chi connectivity index (χ0v) is 15.1. The van der Waals surface area contributed by atoms with Gasteiger partial charge in [-0.05, 0) is 35.0 Å². The molecular weight excluding hydrogens is 338 g/mol. The third-order valence-corrected chi connectivity index (χ3v) is 4.86. The molecule has 132 valence electrons. The maximum absolute atomic E-state index is 9.56. The van der Waals surface area contributed by atoms with Crippen molar-refractivity contribution in [3.05, 3.63) is 47.7 Å². The molecule has 8 heteroatoms. The lowest BCUT2D eigenvalue weighted by Crippen LogP contribution is -2.83. The number of aromatic nitrogens is 4. The number of nitrogens with two attached hydrogens (primary N) is 1. The van der Waals surface area contributed by atoms with Crippen molar-refractivity contribution in [2.75, 3.05) is 12.3 Å². The van der Waals surface area contributed by atoms with Crippen molar-refractivity contribution in [1.29, 1.82) is 0 Å². The van der Waals surface area contributed by atoms with Gasteiger partial charge in [-0.3, -0.25) is 0 Å². The maximum atomic E-state index is 9.56. The topological polar surface area (TPSA) is 93.6 Å². The Hall–Kier alpha value is -2.16. The molecule has 3 aromatic rings. The van der Waals surface area contributed by atoms with E-state index in [4.69, 9.17) is 4.42 Å². The van der Waals surface area contributed by atoms with Crippen molar-refractivity contribution in [3.8, 4) is 11.3 Å². The summed E-state index contributed by atoms with van der Waals surface area (Å²) in [7, 11) is 1.84. The van der Waals surface area contributed by atoms with E-state index in [1.807, 2.05) is 43.4 Å². The second-order valence-electron chi connectivity index (χ2n) is 5.78. The summed E-state index contributed by atoms with van der Waals surface area (Å²) in [6, 6.07) is 11.8. The molecule has 0 spiro atoms. The van der Waals surface area contributed by atoms with Gasteiger partial charge in [-0.15, -0.1) is 5.10 Å². The van der Waals surface area contributed by atoms with Crippen LogP contribution in [-0.4, -0.2) is 37.6 Å². The highest BCUT2D eigenvalue weighted by Crippen LogP contribution is 2.23. The summed E-state index contributed by atoms with van der Waals surface area (Å²) in [6.45, 7) is 3.51. The van der Waals surface area contributed by atoms with Gasteiger partial charge in [-0.1, -0.05) is 36.0 Å². The van der Waals surface area contributed by atoms with Gasteiger partial charge in [0.2, 0.25) is 5.16 Å². The lowest BCUT2D eigenvalue weighted by Gasteiger charge is -2.04. The average Bonchev–Trinajstić information content (AvgIpc) is 3.24. The predicted octanol–water partition coefficient (Wildman–Crippen LogP) is 1.38. The van der Waals surface area contributed by atoms with Crippen molar-refractivity contribution in [2.24, 2.45) is 7.05 Å². The molecule has 2 aromatic heterocycles. The van der Waals surface area contributed by atoms with Gasteiger partial charge in [-0.25, -0.2) is 4.68 Å². The van der Waals surface area contributed by atoms with Crippen molar-refractivity contribution in [2.45, 2.75) is 24.7 Å². The Morgan fingerprint density at radius 3 is 2.72 bits per heavy atom. The third-order valence-electron chi connectivity index (χ3n) is 3.82. The fraction of sp³-hybridized carbons (Fsp3) is 0.353. The number of nitrogens with zero attached hydrogens (tertiary/aromatic N) is 4. The Labute approximate surface area is 150 Å². The van der Waals surface area contributed by atoms with Crippen molar-refractivity contribution in [1.82, 2.24) is 20.2 Å². The predicted molar refractivity (Wildman–Crippen MR) is 94.8 cm³/mol. The summed E-state index contributed by atoms with van der Waals surface area (Å²) in [6.07, 6.45) is -0.453. The smallest absolute Gasteiger partial charge is 0.209 e. The van der Waals surface area contributed by atoms with Crippen LogP contribution in [-0.2, 0) is 13.6 Å². The number of aryl methyl sites for hydroxylation is 1. The number of rotatable bonds is 8. The van der Waals surface area contributed by atoms with E-state index in [2.05, 4.69) is 20.8 Å². The second kappa shape index (κ2) is 8.28. The fourth-order valence-corrected chi connectivity index (χ4v) is 3.17. The zero-order valence-electron chi connectivity index (χ0n) is 14.3. The molecule has 2 heterocycles. The van der Waals surface area contributed by atoms with Crippen LogP contribution in [0.1, 0.15) is 24.4 Å². The number of thioether (sulfide) groups is 1. The Morgan fingerprint density at radius 1 is 1.24 bits per heavy atom. The normalized spacial score (nSPS) is 12.4. The van der Waals surface area contributed by atoms with Gasteiger partial charge in [0, 0.05) is 12.6 Å². The fourth-order valence-electron chi connectivity index (χ4n) is 2.39. The number of aliphatic hydroxyl groups is 1. The van der Waals surface area contributed by atoms with Crippen LogP contribution in [0.5, 0.6) is 0 Å². The number of aliphatic hydroxyl groups excluding tert-OH is 1. The number of furan rings is 1. The molecule has 0 radical (unpaired) electrons. The zero-order chi connectivity index (χ0) is 17.6. The molecule has 3 rings (SSSR count). The minimum atomic E-state index is -0.453. The van der Waals surface area contributed by atoms with Crippen molar-refractivity contribution < 1.29 is 14.8 Å². The highest BCUT2D eigenvalue weighted by Gasteiger charge is 2.08. The van der Waals surface area contributed by atoms with Gasteiger partial charge >= 0.3 is 0 Å². The van der Waals surface area contributed by atoms with Gasteiger partial charge in [-0.2, -0.15) is 0 Å². The van der Waals surface area contributed by atoms with E-state index in [0.29, 0.717) is 0 Å². The number of tetrazole rings is 1. The molecule has 1 aromatic carbocycles. The summed E-state index contributed by atoms with van der Waals surface area (Å²) >= 11 is 1.64. The first-order chi connectivity index (χ1) is 12.1. The van der Waals surface area contributed by atoms with Crippen molar-refractivity contribution >= 4 is 11.8 Å². The number of hydrogen-bond donors (Lipinski definition) is 2. The number of quaternary nitrogens is 1. The lowest BCUT2D eigenvalue weighted by atomic mass is 10.1. The SMILES string of the molecule is C[C@H](O)c1ccc(-c2ccc(C[NH2+]CCSc3nnnn3C)o2)cc1. The minimum absolute atomic E-state index is 0.453.